The number of fused-ring (bicyclic) bond motifs is 1. The fourth-order valence-electron chi connectivity index (χ4n) is 3.24. The Labute approximate surface area is 171 Å². The summed E-state index contributed by atoms with van der Waals surface area (Å²) >= 11 is 6.18. The molecule has 0 saturated heterocycles. The van der Waals surface area contributed by atoms with Gasteiger partial charge in [0.1, 0.15) is 29.4 Å². The van der Waals surface area contributed by atoms with Gasteiger partial charge in [0.25, 0.3) is 6.43 Å². The van der Waals surface area contributed by atoms with E-state index in [2.05, 4.69) is 31.6 Å². The standard InChI is InChI=1S/C19H18ClF2N7/c20-18-14(7-24)15-11-29(6-3-13(15)19(28-18)25-5-4-23)10-12-1-2-17(26-8-12)27-9-16(21)22/h1-2,8,16H,3,5-6,9-11H2,(H,25,28)(H,26,27). The summed E-state index contributed by atoms with van der Waals surface area (Å²) in [4.78, 5) is 10.5. The number of halogens is 3. The van der Waals surface area contributed by atoms with E-state index < -0.39 is 13.0 Å². The molecule has 0 bridgehead atoms. The molecule has 1 aliphatic rings. The Morgan fingerprint density at radius 1 is 1.24 bits per heavy atom. The number of nitriles is 2. The van der Waals surface area contributed by atoms with E-state index in [1.165, 1.54) is 0 Å². The molecule has 0 saturated carbocycles. The first-order valence-electron chi connectivity index (χ1n) is 8.93. The molecular weight excluding hydrogens is 400 g/mol. The number of rotatable bonds is 7. The topological polar surface area (TPSA) is 101 Å². The van der Waals surface area contributed by atoms with Crippen LogP contribution in [0.15, 0.2) is 18.3 Å². The molecule has 0 radical (unpaired) electrons. The second kappa shape index (κ2) is 9.46. The highest BCUT2D eigenvalue weighted by atomic mass is 35.5. The maximum atomic E-state index is 12.3. The van der Waals surface area contributed by atoms with Crippen LogP contribution in [0.2, 0.25) is 5.15 Å². The van der Waals surface area contributed by atoms with Gasteiger partial charge in [0.05, 0.1) is 18.2 Å². The Morgan fingerprint density at radius 2 is 2.07 bits per heavy atom. The van der Waals surface area contributed by atoms with Crippen LogP contribution in [-0.2, 0) is 19.5 Å². The summed E-state index contributed by atoms with van der Waals surface area (Å²) in [6, 6.07) is 7.64. The molecule has 3 heterocycles. The molecule has 3 rings (SSSR count). The molecule has 150 valence electrons. The summed E-state index contributed by atoms with van der Waals surface area (Å²) in [6.45, 7) is 1.49. The van der Waals surface area contributed by atoms with Crippen molar-refractivity contribution in [1.82, 2.24) is 14.9 Å². The van der Waals surface area contributed by atoms with Crippen molar-refractivity contribution in [2.45, 2.75) is 25.9 Å². The molecule has 0 aliphatic carbocycles. The van der Waals surface area contributed by atoms with E-state index in [1.807, 2.05) is 12.1 Å². The largest absolute Gasteiger partial charge is 0.364 e. The van der Waals surface area contributed by atoms with Crippen LogP contribution in [0.3, 0.4) is 0 Å². The predicted octanol–water partition coefficient (Wildman–Crippen LogP) is 3.17. The van der Waals surface area contributed by atoms with Gasteiger partial charge in [-0.25, -0.2) is 18.7 Å². The van der Waals surface area contributed by atoms with Crippen molar-refractivity contribution in [3.05, 3.63) is 45.7 Å². The molecule has 10 heteroatoms. The highest BCUT2D eigenvalue weighted by Crippen LogP contribution is 2.32. The van der Waals surface area contributed by atoms with E-state index in [0.29, 0.717) is 36.7 Å². The summed E-state index contributed by atoms with van der Waals surface area (Å²) in [5.41, 5.74) is 2.99. The minimum absolute atomic E-state index is 0.100. The van der Waals surface area contributed by atoms with Crippen molar-refractivity contribution < 1.29 is 8.78 Å². The summed E-state index contributed by atoms with van der Waals surface area (Å²) in [5, 5.41) is 23.9. The van der Waals surface area contributed by atoms with Crippen molar-refractivity contribution >= 4 is 23.2 Å². The summed E-state index contributed by atoms with van der Waals surface area (Å²) in [6.07, 6.45) is -0.134. The van der Waals surface area contributed by atoms with Gasteiger partial charge in [-0.2, -0.15) is 10.5 Å². The minimum atomic E-state index is -2.44. The van der Waals surface area contributed by atoms with E-state index >= 15 is 0 Å². The number of nitrogens with one attached hydrogen (secondary N) is 2. The van der Waals surface area contributed by atoms with Gasteiger partial charge in [-0.3, -0.25) is 4.90 Å². The molecule has 0 spiro atoms. The normalized spacial score (nSPS) is 13.4. The molecule has 0 fully saturated rings. The van der Waals surface area contributed by atoms with Crippen LogP contribution in [0.4, 0.5) is 20.4 Å². The first-order chi connectivity index (χ1) is 14.0. The predicted molar refractivity (Wildman–Crippen MR) is 105 cm³/mol. The molecular formula is C19H18ClF2N7. The molecule has 29 heavy (non-hydrogen) atoms. The Balaban J connectivity index is 1.74. The van der Waals surface area contributed by atoms with E-state index in [4.69, 9.17) is 16.9 Å². The molecule has 2 aromatic heterocycles. The zero-order valence-corrected chi connectivity index (χ0v) is 16.2. The lowest BCUT2D eigenvalue weighted by molar-refractivity contribution is 0.163. The lowest BCUT2D eigenvalue weighted by Gasteiger charge is -2.30. The average molecular weight is 418 g/mol. The molecule has 2 aromatic rings. The maximum Gasteiger partial charge on any atom is 0.255 e. The van der Waals surface area contributed by atoms with Crippen LogP contribution in [0.1, 0.15) is 22.3 Å². The van der Waals surface area contributed by atoms with Crippen molar-refractivity contribution in [3.63, 3.8) is 0 Å². The van der Waals surface area contributed by atoms with Gasteiger partial charge in [-0.05, 0) is 23.6 Å². The van der Waals surface area contributed by atoms with Gasteiger partial charge in [-0.15, -0.1) is 0 Å². The number of nitrogens with zero attached hydrogens (tertiary/aromatic N) is 5. The SMILES string of the molecule is N#CCNc1nc(Cl)c(C#N)c2c1CCN(Cc1ccc(NCC(F)F)nc1)C2. The zero-order valence-electron chi connectivity index (χ0n) is 15.4. The van der Waals surface area contributed by atoms with Gasteiger partial charge >= 0.3 is 0 Å². The van der Waals surface area contributed by atoms with Crippen LogP contribution >= 0.6 is 11.6 Å². The van der Waals surface area contributed by atoms with Crippen molar-refractivity contribution in [3.8, 4) is 12.1 Å². The van der Waals surface area contributed by atoms with Crippen LogP contribution in [0, 0.1) is 22.7 Å². The van der Waals surface area contributed by atoms with Gasteiger partial charge in [0.15, 0.2) is 0 Å². The smallest absolute Gasteiger partial charge is 0.255 e. The highest BCUT2D eigenvalue weighted by molar-refractivity contribution is 6.30. The van der Waals surface area contributed by atoms with Crippen LogP contribution < -0.4 is 10.6 Å². The third-order valence-corrected chi connectivity index (χ3v) is 4.82. The molecule has 7 nitrogen and oxygen atoms in total. The lowest BCUT2D eigenvalue weighted by Crippen LogP contribution is -2.31. The third-order valence-electron chi connectivity index (χ3n) is 4.54. The van der Waals surface area contributed by atoms with Gasteiger partial charge in [-0.1, -0.05) is 17.7 Å². The van der Waals surface area contributed by atoms with Gasteiger partial charge < -0.3 is 10.6 Å². The molecule has 0 unspecified atom stereocenters. The van der Waals surface area contributed by atoms with E-state index in [0.717, 1.165) is 23.2 Å². The Morgan fingerprint density at radius 3 is 2.72 bits per heavy atom. The summed E-state index contributed by atoms with van der Waals surface area (Å²) in [7, 11) is 0. The van der Waals surface area contributed by atoms with Gasteiger partial charge in [0.2, 0.25) is 0 Å². The highest BCUT2D eigenvalue weighted by Gasteiger charge is 2.25. The molecule has 0 amide bonds. The number of anilines is 2. The average Bonchev–Trinajstić information content (AvgIpc) is 2.71. The van der Waals surface area contributed by atoms with Crippen molar-refractivity contribution in [1.29, 1.82) is 10.5 Å². The number of hydrogen-bond donors (Lipinski definition) is 2. The van der Waals surface area contributed by atoms with Gasteiger partial charge in [0, 0.05) is 31.4 Å². The number of pyridine rings is 2. The first kappa shape index (κ1) is 20.7. The van der Waals surface area contributed by atoms with E-state index in [-0.39, 0.29) is 11.7 Å². The number of hydrogen-bond acceptors (Lipinski definition) is 7. The molecule has 0 aromatic carbocycles. The second-order valence-corrected chi connectivity index (χ2v) is 6.85. The first-order valence-corrected chi connectivity index (χ1v) is 9.31. The Hall–Kier alpha value is -3.01. The molecule has 2 N–H and O–H groups in total. The van der Waals surface area contributed by atoms with Crippen molar-refractivity contribution in [2.24, 2.45) is 0 Å². The van der Waals surface area contributed by atoms with Crippen LogP contribution in [-0.4, -0.2) is 40.9 Å². The van der Waals surface area contributed by atoms with Crippen LogP contribution in [0.25, 0.3) is 0 Å². The maximum absolute atomic E-state index is 12.3. The van der Waals surface area contributed by atoms with Crippen LogP contribution in [0.5, 0.6) is 0 Å². The second-order valence-electron chi connectivity index (χ2n) is 6.49. The Kier molecular flexibility index (Phi) is 6.76. The fraction of sp³-hybridized carbons (Fsp3) is 0.368. The van der Waals surface area contributed by atoms with E-state index in [1.54, 1.807) is 12.3 Å². The molecule has 0 atom stereocenters. The molecule has 1 aliphatic heterocycles. The lowest BCUT2D eigenvalue weighted by atomic mass is 9.96. The Bertz CT molecular complexity index is 951. The van der Waals surface area contributed by atoms with Crippen molar-refractivity contribution in [2.75, 3.05) is 30.3 Å². The number of aromatic nitrogens is 2. The summed E-state index contributed by atoms with van der Waals surface area (Å²) < 4.78 is 24.5. The summed E-state index contributed by atoms with van der Waals surface area (Å²) in [5.74, 6) is 0.942. The third kappa shape index (κ3) is 5.08. The fourth-order valence-corrected chi connectivity index (χ4v) is 3.48. The minimum Gasteiger partial charge on any atom is -0.364 e. The number of alkyl halides is 2. The van der Waals surface area contributed by atoms with E-state index in [9.17, 15) is 14.0 Å². The zero-order chi connectivity index (χ0) is 20.8. The monoisotopic (exact) mass is 417 g/mol. The quantitative estimate of drug-likeness (QED) is 0.527.